The Labute approximate surface area is 91.5 Å². The molecule has 1 N–H and O–H groups in total. The van der Waals surface area contributed by atoms with E-state index in [0.717, 1.165) is 36.3 Å². The van der Waals surface area contributed by atoms with Crippen LogP contribution in [0.2, 0.25) is 0 Å². The van der Waals surface area contributed by atoms with E-state index in [0.29, 0.717) is 0 Å². The Morgan fingerprint density at radius 3 is 2.53 bits per heavy atom. The number of rotatable bonds is 1. The SMILES string of the molecule is C1CCC(NC2C3C4CCC(C4)C23)=NC1. The van der Waals surface area contributed by atoms with Crippen LogP contribution in [0.1, 0.15) is 38.5 Å². The van der Waals surface area contributed by atoms with Gasteiger partial charge in [-0.2, -0.15) is 0 Å². The minimum atomic E-state index is 0.841. The van der Waals surface area contributed by atoms with E-state index in [2.05, 4.69) is 10.3 Å². The largest absolute Gasteiger partial charge is 0.371 e. The molecule has 0 aromatic heterocycles. The molecule has 3 saturated carbocycles. The summed E-state index contributed by atoms with van der Waals surface area (Å²) in [6.45, 7) is 1.07. The highest BCUT2D eigenvalue weighted by atomic mass is 15.1. The van der Waals surface area contributed by atoms with Crippen molar-refractivity contribution < 1.29 is 0 Å². The average molecular weight is 204 g/mol. The van der Waals surface area contributed by atoms with Crippen molar-refractivity contribution in [2.24, 2.45) is 28.7 Å². The fourth-order valence-corrected chi connectivity index (χ4v) is 4.53. The number of nitrogens with one attached hydrogen (secondary N) is 1. The van der Waals surface area contributed by atoms with Crippen LogP contribution in [0.4, 0.5) is 0 Å². The van der Waals surface area contributed by atoms with Crippen molar-refractivity contribution in [2.45, 2.75) is 44.6 Å². The van der Waals surface area contributed by atoms with Gasteiger partial charge in [0.25, 0.3) is 0 Å². The summed E-state index contributed by atoms with van der Waals surface area (Å²) in [6, 6.07) is 0.841. The maximum Gasteiger partial charge on any atom is 0.0965 e. The van der Waals surface area contributed by atoms with E-state index in [1.165, 1.54) is 37.9 Å². The molecular weight excluding hydrogens is 184 g/mol. The van der Waals surface area contributed by atoms with Gasteiger partial charge in [-0.1, -0.05) is 0 Å². The molecule has 1 aliphatic heterocycles. The smallest absolute Gasteiger partial charge is 0.0965 e. The molecule has 0 aromatic carbocycles. The van der Waals surface area contributed by atoms with Crippen LogP contribution in [0, 0.1) is 23.7 Å². The molecule has 0 amide bonds. The van der Waals surface area contributed by atoms with Crippen LogP contribution in [0.15, 0.2) is 4.99 Å². The van der Waals surface area contributed by atoms with Gasteiger partial charge in [0.1, 0.15) is 0 Å². The summed E-state index contributed by atoms with van der Waals surface area (Å²) >= 11 is 0. The summed E-state index contributed by atoms with van der Waals surface area (Å²) in [7, 11) is 0. The van der Waals surface area contributed by atoms with Gasteiger partial charge in [-0.25, -0.2) is 0 Å². The third-order valence-electron chi connectivity index (χ3n) is 5.19. The number of amidine groups is 1. The summed E-state index contributed by atoms with van der Waals surface area (Å²) in [4.78, 5) is 4.61. The highest BCUT2D eigenvalue weighted by molar-refractivity contribution is 5.83. The fourth-order valence-electron chi connectivity index (χ4n) is 4.53. The zero-order valence-corrected chi connectivity index (χ0v) is 9.28. The predicted molar refractivity (Wildman–Crippen MR) is 60.9 cm³/mol. The van der Waals surface area contributed by atoms with E-state index < -0.39 is 0 Å². The molecule has 0 saturated heterocycles. The number of fused-ring (bicyclic) bond motifs is 5. The zero-order chi connectivity index (χ0) is 9.83. The quantitative estimate of drug-likeness (QED) is 0.695. The third kappa shape index (κ3) is 1.20. The molecule has 4 rings (SSSR count). The zero-order valence-electron chi connectivity index (χ0n) is 9.28. The Morgan fingerprint density at radius 1 is 1.07 bits per heavy atom. The highest BCUT2D eigenvalue weighted by Crippen LogP contribution is 2.65. The molecule has 0 aromatic rings. The van der Waals surface area contributed by atoms with Crippen LogP contribution in [0.3, 0.4) is 0 Å². The second kappa shape index (κ2) is 2.99. The highest BCUT2D eigenvalue weighted by Gasteiger charge is 2.65. The molecule has 2 heteroatoms. The molecule has 82 valence electrons. The maximum atomic E-state index is 4.61. The molecule has 2 bridgehead atoms. The van der Waals surface area contributed by atoms with Crippen molar-refractivity contribution in [3.05, 3.63) is 0 Å². The van der Waals surface area contributed by atoms with E-state index in [1.807, 2.05) is 0 Å². The second-order valence-electron chi connectivity index (χ2n) is 5.94. The van der Waals surface area contributed by atoms with Crippen molar-refractivity contribution in [3.63, 3.8) is 0 Å². The second-order valence-corrected chi connectivity index (χ2v) is 5.94. The first-order valence-corrected chi connectivity index (χ1v) is 6.73. The first-order valence-electron chi connectivity index (χ1n) is 6.73. The topological polar surface area (TPSA) is 24.4 Å². The van der Waals surface area contributed by atoms with E-state index in [-0.39, 0.29) is 0 Å². The number of nitrogens with zero attached hydrogens (tertiary/aromatic N) is 1. The Hall–Kier alpha value is -0.530. The van der Waals surface area contributed by atoms with Crippen molar-refractivity contribution in [1.29, 1.82) is 0 Å². The van der Waals surface area contributed by atoms with Crippen LogP contribution in [0.25, 0.3) is 0 Å². The van der Waals surface area contributed by atoms with Crippen LogP contribution >= 0.6 is 0 Å². The van der Waals surface area contributed by atoms with Crippen molar-refractivity contribution >= 4 is 5.84 Å². The summed E-state index contributed by atoms with van der Waals surface area (Å²) in [6.07, 6.45) is 8.47. The lowest BCUT2D eigenvalue weighted by Gasteiger charge is -2.16. The molecule has 0 radical (unpaired) electrons. The normalized spacial score (nSPS) is 51.2. The number of hydrogen-bond acceptors (Lipinski definition) is 2. The van der Waals surface area contributed by atoms with Crippen molar-refractivity contribution in [3.8, 4) is 0 Å². The van der Waals surface area contributed by atoms with Crippen LogP contribution in [-0.2, 0) is 0 Å². The van der Waals surface area contributed by atoms with Gasteiger partial charge in [-0.3, -0.25) is 4.99 Å². The molecule has 2 nitrogen and oxygen atoms in total. The molecule has 4 aliphatic rings. The third-order valence-corrected chi connectivity index (χ3v) is 5.19. The molecule has 3 aliphatic carbocycles. The van der Waals surface area contributed by atoms with E-state index >= 15 is 0 Å². The molecule has 4 atom stereocenters. The Morgan fingerprint density at radius 2 is 1.87 bits per heavy atom. The summed E-state index contributed by atoms with van der Waals surface area (Å²) < 4.78 is 0. The monoisotopic (exact) mass is 204 g/mol. The van der Waals surface area contributed by atoms with Crippen molar-refractivity contribution in [1.82, 2.24) is 5.32 Å². The number of aliphatic imine (C=N–C) groups is 1. The Bertz CT molecular complexity index is 294. The molecule has 1 heterocycles. The van der Waals surface area contributed by atoms with Gasteiger partial charge in [0.15, 0.2) is 0 Å². The molecule has 0 spiro atoms. The summed E-state index contributed by atoms with van der Waals surface area (Å²) in [5, 5.41) is 3.75. The Kier molecular flexibility index (Phi) is 1.71. The van der Waals surface area contributed by atoms with Crippen molar-refractivity contribution in [2.75, 3.05) is 6.54 Å². The Balaban J connectivity index is 1.43. The van der Waals surface area contributed by atoms with Gasteiger partial charge < -0.3 is 5.32 Å². The molecular formula is C13H20N2. The lowest BCUT2D eigenvalue weighted by Crippen LogP contribution is -2.31. The van der Waals surface area contributed by atoms with Gasteiger partial charge in [-0.15, -0.1) is 0 Å². The first-order chi connectivity index (χ1) is 7.43. The molecule has 15 heavy (non-hydrogen) atoms. The number of hydrogen-bond donors (Lipinski definition) is 1. The lowest BCUT2D eigenvalue weighted by molar-refractivity contribution is 0.456. The van der Waals surface area contributed by atoms with Gasteiger partial charge in [0.2, 0.25) is 0 Å². The lowest BCUT2D eigenvalue weighted by atomic mass is 10.0. The van der Waals surface area contributed by atoms with Crippen LogP contribution < -0.4 is 5.32 Å². The van der Waals surface area contributed by atoms with E-state index in [9.17, 15) is 0 Å². The predicted octanol–water partition coefficient (Wildman–Crippen LogP) is 2.20. The van der Waals surface area contributed by atoms with Gasteiger partial charge >= 0.3 is 0 Å². The first kappa shape index (κ1) is 8.60. The van der Waals surface area contributed by atoms with Crippen LogP contribution in [-0.4, -0.2) is 18.4 Å². The van der Waals surface area contributed by atoms with Gasteiger partial charge in [-0.05, 0) is 55.8 Å². The van der Waals surface area contributed by atoms with Gasteiger partial charge in [0, 0.05) is 19.0 Å². The summed E-state index contributed by atoms with van der Waals surface area (Å²) in [5.74, 6) is 5.60. The molecule has 4 unspecified atom stereocenters. The van der Waals surface area contributed by atoms with E-state index in [4.69, 9.17) is 0 Å². The molecule has 3 fully saturated rings. The minimum Gasteiger partial charge on any atom is -0.371 e. The summed E-state index contributed by atoms with van der Waals surface area (Å²) in [5.41, 5.74) is 0. The van der Waals surface area contributed by atoms with Gasteiger partial charge in [0.05, 0.1) is 5.84 Å². The van der Waals surface area contributed by atoms with Crippen LogP contribution in [0.5, 0.6) is 0 Å². The fraction of sp³-hybridized carbons (Fsp3) is 0.923. The minimum absolute atomic E-state index is 0.841. The van der Waals surface area contributed by atoms with E-state index in [1.54, 1.807) is 6.42 Å². The maximum absolute atomic E-state index is 4.61. The standard InChI is InChI=1S/C13H20N2/c1-2-6-14-10(3-1)15-13-11-8-4-5-9(7-8)12(11)13/h8-9,11-13H,1-7H2,(H,14,15). The average Bonchev–Trinajstić information content (AvgIpc) is 2.71.